The summed E-state index contributed by atoms with van der Waals surface area (Å²) in [7, 11) is 1.69. The van der Waals surface area contributed by atoms with Crippen molar-refractivity contribution < 1.29 is 14.3 Å². The van der Waals surface area contributed by atoms with Crippen LogP contribution in [0.4, 0.5) is 0 Å². The van der Waals surface area contributed by atoms with Gasteiger partial charge in [0.2, 0.25) is 5.91 Å². The number of piperazine rings is 1. The van der Waals surface area contributed by atoms with Crippen LogP contribution in [0.1, 0.15) is 25.3 Å². The summed E-state index contributed by atoms with van der Waals surface area (Å²) in [5.41, 5.74) is 1.15. The molecular weight excluding hydrogens is 330 g/mol. The maximum absolute atomic E-state index is 13.1. The van der Waals surface area contributed by atoms with E-state index in [2.05, 4.69) is 33.8 Å². The van der Waals surface area contributed by atoms with Crippen molar-refractivity contribution in [3.05, 3.63) is 29.8 Å². The highest BCUT2D eigenvalue weighted by atomic mass is 16.5. The number of hydrogen-bond acceptors (Lipinski definition) is 5. The lowest BCUT2D eigenvalue weighted by Gasteiger charge is -2.48. The molecule has 3 fully saturated rings. The minimum atomic E-state index is -0.110. The number of hydrogen-bond donors (Lipinski definition) is 0. The average molecular weight is 359 g/mol. The van der Waals surface area contributed by atoms with Gasteiger partial charge in [0.15, 0.2) is 0 Å². The molecule has 0 radical (unpaired) electrons. The van der Waals surface area contributed by atoms with Crippen molar-refractivity contribution in [3.63, 3.8) is 0 Å². The topological polar surface area (TPSA) is 45.2 Å². The summed E-state index contributed by atoms with van der Waals surface area (Å²) in [4.78, 5) is 20.1. The molecule has 4 rings (SSSR count). The number of benzene rings is 1. The Kier molecular flexibility index (Phi) is 4.90. The summed E-state index contributed by atoms with van der Waals surface area (Å²) in [6, 6.07) is 8.21. The number of methoxy groups -OCH3 is 1. The third kappa shape index (κ3) is 2.90. The number of fused-ring (bicyclic) bond motifs is 2. The molecule has 3 heterocycles. The second kappa shape index (κ2) is 7.18. The second-order valence-electron chi connectivity index (χ2n) is 7.47. The van der Waals surface area contributed by atoms with Gasteiger partial charge in [-0.25, -0.2) is 0 Å². The maximum atomic E-state index is 13.1. The van der Waals surface area contributed by atoms with E-state index in [-0.39, 0.29) is 11.7 Å². The van der Waals surface area contributed by atoms with Gasteiger partial charge >= 0.3 is 0 Å². The number of rotatable bonds is 4. The van der Waals surface area contributed by atoms with E-state index in [9.17, 15) is 4.79 Å². The first-order valence-electron chi connectivity index (χ1n) is 9.69. The first kappa shape index (κ1) is 17.8. The van der Waals surface area contributed by atoms with E-state index in [4.69, 9.17) is 9.47 Å². The van der Waals surface area contributed by atoms with Crippen LogP contribution in [-0.2, 0) is 16.1 Å². The Bertz CT molecular complexity index is 642. The molecule has 3 aliphatic heterocycles. The van der Waals surface area contributed by atoms with Gasteiger partial charge in [-0.05, 0) is 24.6 Å². The van der Waals surface area contributed by atoms with Crippen molar-refractivity contribution in [3.8, 4) is 5.75 Å². The van der Waals surface area contributed by atoms with Crippen LogP contribution in [0.2, 0.25) is 0 Å². The molecule has 3 saturated heterocycles. The predicted molar refractivity (Wildman–Crippen MR) is 98.9 cm³/mol. The van der Waals surface area contributed by atoms with Gasteiger partial charge in [0, 0.05) is 45.6 Å². The van der Waals surface area contributed by atoms with E-state index in [1.54, 1.807) is 7.11 Å². The van der Waals surface area contributed by atoms with Crippen LogP contribution in [0.3, 0.4) is 0 Å². The van der Waals surface area contributed by atoms with E-state index in [1.807, 2.05) is 12.1 Å². The molecular formula is C20H29N3O3. The third-order valence-electron chi connectivity index (χ3n) is 6.23. The van der Waals surface area contributed by atoms with Crippen LogP contribution in [-0.4, -0.2) is 78.8 Å². The van der Waals surface area contributed by atoms with E-state index < -0.39 is 0 Å². The smallest absolute Gasteiger partial charge is 0.242 e. The molecule has 1 aromatic rings. The molecule has 0 saturated carbocycles. The lowest BCUT2D eigenvalue weighted by Crippen LogP contribution is -2.61. The van der Waals surface area contributed by atoms with Gasteiger partial charge in [-0.15, -0.1) is 0 Å². The zero-order valence-electron chi connectivity index (χ0n) is 15.8. The molecule has 0 N–H and O–H groups in total. The van der Waals surface area contributed by atoms with Gasteiger partial charge in [-0.2, -0.15) is 0 Å². The lowest BCUT2D eigenvalue weighted by atomic mass is 9.96. The minimum Gasteiger partial charge on any atom is -0.497 e. The summed E-state index contributed by atoms with van der Waals surface area (Å²) in [5.74, 6) is 1.18. The molecule has 3 aliphatic rings. The second-order valence-corrected chi connectivity index (χ2v) is 7.47. The molecule has 0 aliphatic carbocycles. The molecule has 1 aromatic carbocycles. The number of nitrogens with zero attached hydrogens (tertiary/aromatic N) is 3. The third-order valence-corrected chi connectivity index (χ3v) is 6.23. The van der Waals surface area contributed by atoms with Crippen LogP contribution < -0.4 is 4.74 Å². The van der Waals surface area contributed by atoms with Crippen molar-refractivity contribution in [1.82, 2.24) is 14.7 Å². The van der Waals surface area contributed by atoms with Crippen molar-refractivity contribution in [2.75, 3.05) is 46.5 Å². The summed E-state index contributed by atoms with van der Waals surface area (Å²) >= 11 is 0. The molecule has 0 aromatic heterocycles. The molecule has 1 amide bonds. The molecule has 1 spiro atoms. The monoisotopic (exact) mass is 359 g/mol. The highest BCUT2D eigenvalue weighted by Gasteiger charge is 2.57. The largest absolute Gasteiger partial charge is 0.497 e. The van der Waals surface area contributed by atoms with Crippen molar-refractivity contribution in [2.24, 2.45) is 0 Å². The fourth-order valence-corrected chi connectivity index (χ4v) is 4.93. The standard InChI is InChI=1S/C20H29N3O3/c1-3-22-19(24)18-15-21(14-16-4-6-17(25-2)7-5-16)10-11-23(18)20(22)8-12-26-13-9-20/h4-7,18H,3,8-15H2,1-2H3/t18-/m1/s1. The zero-order valence-corrected chi connectivity index (χ0v) is 15.8. The lowest BCUT2D eigenvalue weighted by molar-refractivity contribution is -0.135. The molecule has 6 heteroatoms. The number of carbonyl (C=O) groups excluding carboxylic acids is 1. The number of amides is 1. The highest BCUT2D eigenvalue weighted by molar-refractivity contribution is 5.85. The van der Waals surface area contributed by atoms with Gasteiger partial charge in [-0.1, -0.05) is 12.1 Å². The summed E-state index contributed by atoms with van der Waals surface area (Å²) < 4.78 is 10.8. The first-order chi connectivity index (χ1) is 12.7. The van der Waals surface area contributed by atoms with Gasteiger partial charge < -0.3 is 14.4 Å². The fourth-order valence-electron chi connectivity index (χ4n) is 4.93. The minimum absolute atomic E-state index is 0.0138. The fraction of sp³-hybridized carbons (Fsp3) is 0.650. The molecule has 6 nitrogen and oxygen atoms in total. The highest BCUT2D eigenvalue weighted by Crippen LogP contribution is 2.41. The van der Waals surface area contributed by atoms with Crippen LogP contribution in [0.5, 0.6) is 5.75 Å². The van der Waals surface area contributed by atoms with Crippen molar-refractivity contribution in [2.45, 2.75) is 38.0 Å². The quantitative estimate of drug-likeness (QED) is 0.816. The van der Waals surface area contributed by atoms with Crippen LogP contribution in [0, 0.1) is 0 Å². The van der Waals surface area contributed by atoms with Crippen LogP contribution >= 0.6 is 0 Å². The SMILES string of the molecule is CCN1C(=O)[C@H]2CN(Cc3ccc(OC)cc3)CCN2C12CCOCC2. The summed E-state index contributed by atoms with van der Waals surface area (Å²) in [6.45, 7) is 8.02. The molecule has 142 valence electrons. The Hall–Kier alpha value is -1.63. The van der Waals surface area contributed by atoms with Gasteiger partial charge in [-0.3, -0.25) is 14.6 Å². The molecule has 0 unspecified atom stereocenters. The molecule has 26 heavy (non-hydrogen) atoms. The Morgan fingerprint density at radius 1 is 1.19 bits per heavy atom. The molecule has 0 bridgehead atoms. The average Bonchev–Trinajstić information content (AvgIpc) is 2.90. The number of carbonyl (C=O) groups is 1. The zero-order chi connectivity index (χ0) is 18.1. The van der Waals surface area contributed by atoms with Crippen molar-refractivity contribution in [1.29, 1.82) is 0 Å². The van der Waals surface area contributed by atoms with Gasteiger partial charge in [0.25, 0.3) is 0 Å². The van der Waals surface area contributed by atoms with E-state index in [1.165, 1.54) is 5.56 Å². The van der Waals surface area contributed by atoms with Crippen LogP contribution in [0.15, 0.2) is 24.3 Å². The van der Waals surface area contributed by atoms with E-state index in [0.717, 1.165) is 64.5 Å². The Morgan fingerprint density at radius 2 is 1.92 bits per heavy atom. The number of ether oxygens (including phenoxy) is 2. The van der Waals surface area contributed by atoms with Gasteiger partial charge in [0.1, 0.15) is 17.5 Å². The number of likely N-dealkylation sites (N-methyl/N-ethyl adjacent to an activating group) is 1. The summed E-state index contributed by atoms with van der Waals surface area (Å²) in [5, 5.41) is 0. The predicted octanol–water partition coefficient (Wildman–Crippen LogP) is 1.55. The molecule has 1 atom stereocenters. The summed E-state index contributed by atoms with van der Waals surface area (Å²) in [6.07, 6.45) is 1.86. The van der Waals surface area contributed by atoms with Crippen molar-refractivity contribution >= 4 is 5.91 Å². The normalized spacial score (nSPS) is 26.3. The van der Waals surface area contributed by atoms with Crippen LogP contribution in [0.25, 0.3) is 0 Å². The maximum Gasteiger partial charge on any atom is 0.242 e. The van der Waals surface area contributed by atoms with E-state index >= 15 is 0 Å². The van der Waals surface area contributed by atoms with E-state index in [0.29, 0.717) is 5.91 Å². The Labute approximate surface area is 155 Å². The Balaban J connectivity index is 1.48. The van der Waals surface area contributed by atoms with Gasteiger partial charge in [0.05, 0.1) is 20.3 Å². The Morgan fingerprint density at radius 3 is 2.58 bits per heavy atom. The first-order valence-corrected chi connectivity index (χ1v) is 9.69.